The van der Waals surface area contributed by atoms with E-state index in [1.807, 2.05) is 0 Å². The average molecular weight is 331 g/mol. The van der Waals surface area contributed by atoms with Gasteiger partial charge in [0.1, 0.15) is 5.82 Å². The van der Waals surface area contributed by atoms with E-state index in [0.29, 0.717) is 11.3 Å². The van der Waals surface area contributed by atoms with Crippen molar-refractivity contribution < 1.29 is 9.50 Å². The number of halogens is 3. The number of pyridine rings is 1. The number of aliphatic hydroxyl groups excluding tert-OH is 1. The SMILES string of the molecule is OC(Cc1cccc(F)c1Cl)c1ccc(Br)cn1. The minimum Gasteiger partial charge on any atom is -0.386 e. The highest BCUT2D eigenvalue weighted by atomic mass is 79.9. The molecule has 1 N–H and O–H groups in total. The molecular weight excluding hydrogens is 321 g/mol. The van der Waals surface area contributed by atoms with Crippen LogP contribution in [0.25, 0.3) is 0 Å². The number of benzene rings is 1. The molecule has 0 aliphatic carbocycles. The van der Waals surface area contributed by atoms with E-state index < -0.39 is 11.9 Å². The van der Waals surface area contributed by atoms with Crippen LogP contribution in [0, 0.1) is 5.82 Å². The van der Waals surface area contributed by atoms with Crippen molar-refractivity contribution >= 4 is 27.5 Å². The normalized spacial score (nSPS) is 12.4. The van der Waals surface area contributed by atoms with Gasteiger partial charge in [0.05, 0.1) is 16.8 Å². The second-order valence-corrected chi connectivity index (χ2v) is 5.13. The van der Waals surface area contributed by atoms with Gasteiger partial charge in [0, 0.05) is 17.1 Å². The lowest BCUT2D eigenvalue weighted by atomic mass is 10.1. The first kappa shape index (κ1) is 13.5. The largest absolute Gasteiger partial charge is 0.386 e. The lowest BCUT2D eigenvalue weighted by Crippen LogP contribution is -2.04. The van der Waals surface area contributed by atoms with E-state index in [1.54, 1.807) is 30.5 Å². The van der Waals surface area contributed by atoms with Crippen LogP contribution in [0.4, 0.5) is 4.39 Å². The van der Waals surface area contributed by atoms with Crippen LogP contribution in [-0.2, 0) is 6.42 Å². The summed E-state index contributed by atoms with van der Waals surface area (Å²) in [6.07, 6.45) is 1.02. The zero-order chi connectivity index (χ0) is 13.1. The maximum atomic E-state index is 13.2. The highest BCUT2D eigenvalue weighted by Crippen LogP contribution is 2.25. The molecule has 0 aliphatic heterocycles. The lowest BCUT2D eigenvalue weighted by molar-refractivity contribution is 0.173. The molecule has 0 bridgehead atoms. The molecule has 18 heavy (non-hydrogen) atoms. The third-order valence-corrected chi connectivity index (χ3v) is 3.43. The number of rotatable bonds is 3. The highest BCUT2D eigenvalue weighted by molar-refractivity contribution is 9.10. The Morgan fingerprint density at radius 1 is 1.33 bits per heavy atom. The molecule has 0 spiro atoms. The molecule has 2 nitrogen and oxygen atoms in total. The first-order valence-electron chi connectivity index (χ1n) is 5.30. The molecule has 0 fully saturated rings. The van der Waals surface area contributed by atoms with Crippen molar-refractivity contribution in [2.75, 3.05) is 0 Å². The Balaban J connectivity index is 2.18. The topological polar surface area (TPSA) is 33.1 Å². The van der Waals surface area contributed by atoms with Gasteiger partial charge in [-0.15, -0.1) is 0 Å². The zero-order valence-electron chi connectivity index (χ0n) is 9.28. The minimum absolute atomic E-state index is 0.0497. The van der Waals surface area contributed by atoms with Gasteiger partial charge in [0.2, 0.25) is 0 Å². The number of aromatic nitrogens is 1. The average Bonchev–Trinajstić information content (AvgIpc) is 2.36. The molecule has 0 saturated carbocycles. The fourth-order valence-electron chi connectivity index (χ4n) is 1.60. The maximum Gasteiger partial charge on any atom is 0.142 e. The van der Waals surface area contributed by atoms with E-state index in [2.05, 4.69) is 20.9 Å². The fraction of sp³-hybridized carbons (Fsp3) is 0.154. The van der Waals surface area contributed by atoms with Crippen molar-refractivity contribution in [1.29, 1.82) is 0 Å². The standard InChI is InChI=1S/C13H10BrClFNO/c14-9-4-5-11(17-7-9)12(18)6-8-2-1-3-10(16)13(8)15/h1-5,7,12,18H,6H2. The van der Waals surface area contributed by atoms with E-state index in [-0.39, 0.29) is 11.4 Å². The summed E-state index contributed by atoms with van der Waals surface area (Å²) in [7, 11) is 0. The van der Waals surface area contributed by atoms with Gasteiger partial charge in [-0.25, -0.2) is 4.39 Å². The van der Waals surface area contributed by atoms with Gasteiger partial charge in [-0.05, 0) is 39.7 Å². The van der Waals surface area contributed by atoms with Crippen LogP contribution < -0.4 is 0 Å². The molecule has 1 unspecified atom stereocenters. The van der Waals surface area contributed by atoms with Gasteiger partial charge in [-0.3, -0.25) is 4.98 Å². The number of aliphatic hydroxyl groups is 1. The van der Waals surface area contributed by atoms with Gasteiger partial charge in [-0.1, -0.05) is 23.7 Å². The third kappa shape index (κ3) is 3.07. The monoisotopic (exact) mass is 329 g/mol. The number of hydrogen-bond acceptors (Lipinski definition) is 2. The summed E-state index contributed by atoms with van der Waals surface area (Å²) in [6, 6.07) is 8.04. The fourth-order valence-corrected chi connectivity index (χ4v) is 2.04. The Kier molecular flexibility index (Phi) is 4.32. The van der Waals surface area contributed by atoms with Crippen LogP contribution in [0.3, 0.4) is 0 Å². The van der Waals surface area contributed by atoms with Crippen LogP contribution in [0.15, 0.2) is 41.0 Å². The Morgan fingerprint density at radius 3 is 2.78 bits per heavy atom. The van der Waals surface area contributed by atoms with Gasteiger partial charge in [0.15, 0.2) is 0 Å². The first-order valence-corrected chi connectivity index (χ1v) is 6.47. The molecule has 1 aromatic heterocycles. The van der Waals surface area contributed by atoms with Gasteiger partial charge in [0.25, 0.3) is 0 Å². The molecular formula is C13H10BrClFNO. The summed E-state index contributed by atoms with van der Waals surface area (Å²) in [4.78, 5) is 4.09. The quantitative estimate of drug-likeness (QED) is 0.925. The highest BCUT2D eigenvalue weighted by Gasteiger charge is 2.13. The number of hydrogen-bond donors (Lipinski definition) is 1. The van der Waals surface area contributed by atoms with E-state index >= 15 is 0 Å². The molecule has 94 valence electrons. The van der Waals surface area contributed by atoms with Crippen LogP contribution >= 0.6 is 27.5 Å². The smallest absolute Gasteiger partial charge is 0.142 e. The minimum atomic E-state index is -0.808. The van der Waals surface area contributed by atoms with Crippen molar-refractivity contribution in [3.63, 3.8) is 0 Å². The van der Waals surface area contributed by atoms with Crippen molar-refractivity contribution in [2.45, 2.75) is 12.5 Å². The molecule has 0 amide bonds. The van der Waals surface area contributed by atoms with E-state index in [4.69, 9.17) is 11.6 Å². The first-order chi connectivity index (χ1) is 8.58. The van der Waals surface area contributed by atoms with E-state index in [1.165, 1.54) is 6.07 Å². The van der Waals surface area contributed by atoms with Crippen molar-refractivity contribution in [3.8, 4) is 0 Å². The molecule has 2 aromatic rings. The number of nitrogens with zero attached hydrogens (tertiary/aromatic N) is 1. The summed E-state index contributed by atoms with van der Waals surface area (Å²) < 4.78 is 14.1. The van der Waals surface area contributed by atoms with Crippen molar-refractivity contribution in [2.24, 2.45) is 0 Å². The van der Waals surface area contributed by atoms with E-state index in [9.17, 15) is 9.50 Å². The Morgan fingerprint density at radius 2 is 2.11 bits per heavy atom. The molecule has 0 saturated heterocycles. The Hall–Kier alpha value is -0.970. The predicted octanol–water partition coefficient (Wildman–Crippen LogP) is 3.91. The summed E-state index contributed by atoms with van der Waals surface area (Å²) >= 11 is 9.10. The summed E-state index contributed by atoms with van der Waals surface area (Å²) in [5.74, 6) is -0.481. The van der Waals surface area contributed by atoms with Crippen molar-refractivity contribution in [1.82, 2.24) is 4.98 Å². The molecule has 0 aliphatic rings. The molecule has 1 heterocycles. The Bertz CT molecular complexity index is 547. The summed E-state index contributed by atoms with van der Waals surface area (Å²) in [5, 5.41) is 10.1. The van der Waals surface area contributed by atoms with Crippen LogP contribution in [0.5, 0.6) is 0 Å². The second kappa shape index (κ2) is 5.78. The molecule has 5 heteroatoms. The van der Waals surface area contributed by atoms with Crippen LogP contribution in [0.2, 0.25) is 5.02 Å². The summed E-state index contributed by atoms with van der Waals surface area (Å²) in [6.45, 7) is 0. The molecule has 1 atom stereocenters. The molecule has 0 radical (unpaired) electrons. The second-order valence-electron chi connectivity index (χ2n) is 3.83. The van der Waals surface area contributed by atoms with Crippen LogP contribution in [0.1, 0.15) is 17.4 Å². The van der Waals surface area contributed by atoms with Gasteiger partial charge < -0.3 is 5.11 Å². The Labute approximate surface area is 118 Å². The van der Waals surface area contributed by atoms with E-state index in [0.717, 1.165) is 4.47 Å². The predicted molar refractivity (Wildman–Crippen MR) is 72.0 cm³/mol. The van der Waals surface area contributed by atoms with Crippen molar-refractivity contribution in [3.05, 3.63) is 63.1 Å². The third-order valence-electron chi connectivity index (χ3n) is 2.54. The lowest BCUT2D eigenvalue weighted by Gasteiger charge is -2.11. The van der Waals surface area contributed by atoms with Crippen LogP contribution in [-0.4, -0.2) is 10.1 Å². The zero-order valence-corrected chi connectivity index (χ0v) is 11.6. The van der Waals surface area contributed by atoms with Gasteiger partial charge >= 0.3 is 0 Å². The maximum absolute atomic E-state index is 13.2. The molecule has 1 aromatic carbocycles. The van der Waals surface area contributed by atoms with Gasteiger partial charge in [-0.2, -0.15) is 0 Å². The molecule has 2 rings (SSSR count). The summed E-state index contributed by atoms with van der Waals surface area (Å²) in [5.41, 5.74) is 1.09.